The fraction of sp³-hybridized carbons (Fsp3) is 0.391. The molecule has 0 unspecified atom stereocenters. The molecule has 156 valence electrons. The molecule has 0 aliphatic rings. The van der Waals surface area contributed by atoms with Crippen LogP contribution in [-0.4, -0.2) is 36.6 Å². The summed E-state index contributed by atoms with van der Waals surface area (Å²) in [7, 11) is 0. The van der Waals surface area contributed by atoms with Gasteiger partial charge in [0.2, 0.25) is 0 Å². The van der Waals surface area contributed by atoms with Crippen molar-refractivity contribution in [1.82, 2.24) is 10.6 Å². The third-order valence-corrected chi connectivity index (χ3v) is 4.34. The molecule has 2 amide bonds. The first-order valence-electron chi connectivity index (χ1n) is 10.0. The molecule has 2 aromatic carbocycles. The highest BCUT2D eigenvalue weighted by Crippen LogP contribution is 2.13. The normalized spacial score (nSPS) is 13.6. The van der Waals surface area contributed by atoms with Gasteiger partial charge in [0.1, 0.15) is 11.5 Å². The zero-order valence-electron chi connectivity index (χ0n) is 17.3. The van der Waals surface area contributed by atoms with Crippen LogP contribution in [0.1, 0.15) is 33.6 Å². The van der Waals surface area contributed by atoms with Gasteiger partial charge in [-0.1, -0.05) is 50.2 Å². The summed E-state index contributed by atoms with van der Waals surface area (Å²) in [6.07, 6.45) is -0.0714. The van der Waals surface area contributed by atoms with Crippen molar-refractivity contribution in [3.8, 4) is 11.5 Å². The summed E-state index contributed by atoms with van der Waals surface area (Å²) in [6.45, 7) is 5.94. The molecular formula is C23H30N2O4. The summed E-state index contributed by atoms with van der Waals surface area (Å²) in [5.41, 5.74) is 0. The van der Waals surface area contributed by atoms with Crippen LogP contribution in [0.2, 0.25) is 0 Å². The number of rotatable bonds is 11. The number of carbonyl (C=O) groups is 2. The Morgan fingerprint density at radius 3 is 1.69 bits per heavy atom. The molecule has 0 fully saturated rings. The molecule has 0 bridgehead atoms. The summed E-state index contributed by atoms with van der Waals surface area (Å²) >= 11 is 0. The lowest BCUT2D eigenvalue weighted by Crippen LogP contribution is -2.48. The molecule has 2 aromatic rings. The molecule has 2 N–H and O–H groups in total. The van der Waals surface area contributed by atoms with Gasteiger partial charge in [-0.05, 0) is 44.0 Å². The quantitative estimate of drug-likeness (QED) is 0.609. The van der Waals surface area contributed by atoms with E-state index in [9.17, 15) is 9.59 Å². The fourth-order valence-electron chi connectivity index (χ4n) is 2.73. The molecule has 0 spiro atoms. The SMILES string of the molecule is CC[C@H](Oc1ccccc1)C(=O)NC[C@@H](C)NC(=O)[C@H](CC)Oc1ccccc1. The van der Waals surface area contributed by atoms with Crippen LogP contribution in [0, 0.1) is 0 Å². The van der Waals surface area contributed by atoms with Gasteiger partial charge in [0.25, 0.3) is 11.8 Å². The van der Waals surface area contributed by atoms with Crippen LogP contribution in [0.25, 0.3) is 0 Å². The van der Waals surface area contributed by atoms with E-state index in [-0.39, 0.29) is 17.9 Å². The van der Waals surface area contributed by atoms with Gasteiger partial charge in [-0.3, -0.25) is 9.59 Å². The van der Waals surface area contributed by atoms with Crippen LogP contribution >= 0.6 is 0 Å². The van der Waals surface area contributed by atoms with Gasteiger partial charge in [-0.25, -0.2) is 0 Å². The third kappa shape index (κ3) is 7.49. The predicted octanol–water partition coefficient (Wildman–Crippen LogP) is 3.32. The van der Waals surface area contributed by atoms with Crippen molar-refractivity contribution >= 4 is 11.8 Å². The van der Waals surface area contributed by atoms with E-state index in [4.69, 9.17) is 9.47 Å². The first-order valence-corrected chi connectivity index (χ1v) is 10.0. The lowest BCUT2D eigenvalue weighted by Gasteiger charge is -2.22. The molecule has 29 heavy (non-hydrogen) atoms. The fourth-order valence-corrected chi connectivity index (χ4v) is 2.73. The van der Waals surface area contributed by atoms with Gasteiger partial charge in [0.15, 0.2) is 12.2 Å². The van der Waals surface area contributed by atoms with Crippen molar-refractivity contribution in [2.24, 2.45) is 0 Å². The van der Waals surface area contributed by atoms with E-state index in [1.54, 1.807) is 0 Å². The number of amides is 2. The molecule has 0 aromatic heterocycles. The summed E-state index contributed by atoms with van der Waals surface area (Å²) in [6, 6.07) is 18.3. The van der Waals surface area contributed by atoms with Crippen LogP contribution in [0.15, 0.2) is 60.7 Å². The van der Waals surface area contributed by atoms with Gasteiger partial charge >= 0.3 is 0 Å². The monoisotopic (exact) mass is 398 g/mol. The van der Waals surface area contributed by atoms with Gasteiger partial charge in [-0.2, -0.15) is 0 Å². The highest BCUT2D eigenvalue weighted by Gasteiger charge is 2.22. The second-order valence-corrected chi connectivity index (χ2v) is 6.81. The van der Waals surface area contributed by atoms with Gasteiger partial charge in [0.05, 0.1) is 0 Å². The molecule has 6 nitrogen and oxygen atoms in total. The number of ether oxygens (including phenoxy) is 2. The highest BCUT2D eigenvalue weighted by molar-refractivity contribution is 5.82. The van der Waals surface area contributed by atoms with Crippen LogP contribution in [0.3, 0.4) is 0 Å². The van der Waals surface area contributed by atoms with Gasteiger partial charge < -0.3 is 20.1 Å². The van der Waals surface area contributed by atoms with Crippen LogP contribution in [0.4, 0.5) is 0 Å². The molecule has 6 heteroatoms. The van der Waals surface area contributed by atoms with Crippen molar-refractivity contribution in [3.63, 3.8) is 0 Å². The molecule has 0 saturated carbocycles. The third-order valence-electron chi connectivity index (χ3n) is 4.34. The summed E-state index contributed by atoms with van der Waals surface area (Å²) in [5.74, 6) is 0.898. The summed E-state index contributed by atoms with van der Waals surface area (Å²) in [5, 5.41) is 5.74. The lowest BCUT2D eigenvalue weighted by atomic mass is 10.2. The maximum atomic E-state index is 12.5. The molecular weight excluding hydrogens is 368 g/mol. The molecule has 0 radical (unpaired) electrons. The zero-order chi connectivity index (χ0) is 21.1. The van der Waals surface area contributed by atoms with E-state index in [1.165, 1.54) is 0 Å². The molecule has 0 aliphatic heterocycles. The molecule has 3 atom stereocenters. The standard InChI is InChI=1S/C23H30N2O4/c1-4-20(28-18-12-8-6-9-13-18)22(26)24-16-17(3)25-23(27)21(5-2)29-19-14-10-7-11-15-19/h6-15,17,20-21H,4-5,16H2,1-3H3,(H,24,26)(H,25,27)/t17-,20+,21+/m1/s1. The Kier molecular flexibility index (Phi) is 9.02. The maximum Gasteiger partial charge on any atom is 0.261 e. The smallest absolute Gasteiger partial charge is 0.261 e. The average molecular weight is 399 g/mol. The van der Waals surface area contributed by atoms with Gasteiger partial charge in [-0.15, -0.1) is 0 Å². The van der Waals surface area contributed by atoms with Crippen molar-refractivity contribution in [2.75, 3.05) is 6.54 Å². The Labute approximate surface area is 172 Å². The van der Waals surface area contributed by atoms with E-state index in [2.05, 4.69) is 10.6 Å². The average Bonchev–Trinajstić information content (AvgIpc) is 2.75. The van der Waals surface area contributed by atoms with E-state index in [0.29, 0.717) is 30.9 Å². The number of hydrogen-bond acceptors (Lipinski definition) is 4. The first kappa shape index (κ1) is 22.3. The largest absolute Gasteiger partial charge is 0.481 e. The Bertz CT molecular complexity index is 752. The second-order valence-electron chi connectivity index (χ2n) is 6.81. The highest BCUT2D eigenvalue weighted by atomic mass is 16.5. The van der Waals surface area contributed by atoms with Crippen molar-refractivity contribution in [3.05, 3.63) is 60.7 Å². The lowest BCUT2D eigenvalue weighted by molar-refractivity contribution is -0.130. The minimum Gasteiger partial charge on any atom is -0.481 e. The summed E-state index contributed by atoms with van der Waals surface area (Å²) in [4.78, 5) is 24.9. The van der Waals surface area contributed by atoms with Crippen molar-refractivity contribution in [1.29, 1.82) is 0 Å². The first-order chi connectivity index (χ1) is 14.0. The number of carbonyl (C=O) groups excluding carboxylic acids is 2. The number of hydrogen-bond donors (Lipinski definition) is 2. The van der Waals surface area contributed by atoms with Gasteiger partial charge in [0, 0.05) is 12.6 Å². The number of para-hydroxylation sites is 2. The summed E-state index contributed by atoms with van der Waals surface area (Å²) < 4.78 is 11.5. The minimum atomic E-state index is -0.583. The Morgan fingerprint density at radius 2 is 1.24 bits per heavy atom. The topological polar surface area (TPSA) is 76.7 Å². The van der Waals surface area contributed by atoms with Crippen molar-refractivity contribution in [2.45, 2.75) is 51.9 Å². The van der Waals surface area contributed by atoms with Crippen LogP contribution < -0.4 is 20.1 Å². The predicted molar refractivity (Wildman–Crippen MR) is 113 cm³/mol. The Hall–Kier alpha value is -3.02. The Balaban J connectivity index is 1.80. The molecule has 0 saturated heterocycles. The molecule has 0 heterocycles. The number of nitrogens with one attached hydrogen (secondary N) is 2. The Morgan fingerprint density at radius 1 is 0.793 bits per heavy atom. The van der Waals surface area contributed by atoms with E-state index < -0.39 is 12.2 Å². The number of benzene rings is 2. The van der Waals surface area contributed by atoms with E-state index in [1.807, 2.05) is 81.4 Å². The second kappa shape index (κ2) is 11.7. The van der Waals surface area contributed by atoms with Crippen molar-refractivity contribution < 1.29 is 19.1 Å². The molecule has 2 rings (SSSR count). The van der Waals surface area contributed by atoms with Crippen LogP contribution in [0.5, 0.6) is 11.5 Å². The molecule has 0 aliphatic carbocycles. The minimum absolute atomic E-state index is 0.203. The van der Waals surface area contributed by atoms with Crippen LogP contribution in [-0.2, 0) is 9.59 Å². The maximum absolute atomic E-state index is 12.5. The zero-order valence-corrected chi connectivity index (χ0v) is 17.3. The van der Waals surface area contributed by atoms with E-state index >= 15 is 0 Å². The van der Waals surface area contributed by atoms with E-state index in [0.717, 1.165) is 0 Å².